The second-order valence-corrected chi connectivity index (χ2v) is 6.33. The highest BCUT2D eigenvalue weighted by molar-refractivity contribution is 6.30. The number of benzene rings is 1. The molecule has 0 aromatic heterocycles. The molecular formula is C15H23Cl2NO. The minimum Gasteiger partial charge on any atom is -0.496 e. The molecule has 0 saturated heterocycles. The van der Waals surface area contributed by atoms with Crippen LogP contribution >= 0.6 is 23.2 Å². The summed E-state index contributed by atoms with van der Waals surface area (Å²) in [6.45, 7) is 6.21. The van der Waals surface area contributed by atoms with Crippen molar-refractivity contribution in [3.63, 3.8) is 0 Å². The zero-order valence-corrected chi connectivity index (χ0v) is 13.4. The van der Waals surface area contributed by atoms with Crippen LogP contribution in [0.15, 0.2) is 18.2 Å². The van der Waals surface area contributed by atoms with E-state index in [-0.39, 0.29) is 5.41 Å². The Morgan fingerprint density at radius 1 is 1.32 bits per heavy atom. The summed E-state index contributed by atoms with van der Waals surface area (Å²) >= 11 is 11.8. The second kappa shape index (κ2) is 7.98. The van der Waals surface area contributed by atoms with Gasteiger partial charge in [-0.1, -0.05) is 25.4 Å². The smallest absolute Gasteiger partial charge is 0.123 e. The maximum absolute atomic E-state index is 6.01. The molecule has 2 nitrogen and oxygen atoms in total. The molecule has 108 valence electrons. The first-order valence-corrected chi connectivity index (χ1v) is 7.49. The van der Waals surface area contributed by atoms with Crippen molar-refractivity contribution < 1.29 is 4.74 Å². The average molecular weight is 304 g/mol. The van der Waals surface area contributed by atoms with Gasteiger partial charge in [0.1, 0.15) is 5.75 Å². The molecule has 0 aliphatic heterocycles. The van der Waals surface area contributed by atoms with E-state index in [1.54, 1.807) is 7.11 Å². The number of halogens is 2. The summed E-state index contributed by atoms with van der Waals surface area (Å²) in [6.07, 6.45) is 2.17. The van der Waals surface area contributed by atoms with Crippen molar-refractivity contribution in [3.8, 4) is 5.75 Å². The fraction of sp³-hybridized carbons (Fsp3) is 0.600. The van der Waals surface area contributed by atoms with E-state index >= 15 is 0 Å². The third-order valence-corrected chi connectivity index (χ3v) is 3.65. The molecule has 0 bridgehead atoms. The van der Waals surface area contributed by atoms with Gasteiger partial charge in [-0.3, -0.25) is 0 Å². The monoisotopic (exact) mass is 303 g/mol. The van der Waals surface area contributed by atoms with E-state index in [0.717, 1.165) is 48.1 Å². The van der Waals surface area contributed by atoms with Crippen LogP contribution in [0.2, 0.25) is 5.02 Å². The first-order chi connectivity index (χ1) is 8.98. The molecule has 0 amide bonds. The maximum Gasteiger partial charge on any atom is 0.123 e. The van der Waals surface area contributed by atoms with Gasteiger partial charge in [-0.15, -0.1) is 11.6 Å². The molecule has 4 heteroatoms. The van der Waals surface area contributed by atoms with E-state index in [9.17, 15) is 0 Å². The largest absolute Gasteiger partial charge is 0.496 e. The first-order valence-electron chi connectivity index (χ1n) is 6.57. The lowest BCUT2D eigenvalue weighted by molar-refractivity contribution is 0.310. The van der Waals surface area contributed by atoms with Crippen molar-refractivity contribution >= 4 is 23.2 Å². The van der Waals surface area contributed by atoms with Gasteiger partial charge in [0, 0.05) is 29.6 Å². The number of rotatable bonds is 8. The molecule has 1 rings (SSSR count). The van der Waals surface area contributed by atoms with Crippen LogP contribution in [0, 0.1) is 5.41 Å². The van der Waals surface area contributed by atoms with Crippen LogP contribution in [0.4, 0.5) is 0 Å². The second-order valence-electron chi connectivity index (χ2n) is 5.52. The van der Waals surface area contributed by atoms with Crippen molar-refractivity contribution in [1.82, 2.24) is 5.32 Å². The molecule has 0 atom stereocenters. The highest BCUT2D eigenvalue weighted by atomic mass is 35.5. The van der Waals surface area contributed by atoms with Gasteiger partial charge in [-0.2, -0.15) is 0 Å². The summed E-state index contributed by atoms with van der Waals surface area (Å²) < 4.78 is 5.33. The molecule has 0 saturated carbocycles. The Kier molecular flexibility index (Phi) is 6.98. The molecule has 0 fully saturated rings. The van der Waals surface area contributed by atoms with Crippen molar-refractivity contribution in [1.29, 1.82) is 0 Å². The van der Waals surface area contributed by atoms with Gasteiger partial charge in [-0.05, 0) is 36.5 Å². The van der Waals surface area contributed by atoms with Crippen molar-refractivity contribution in [3.05, 3.63) is 28.8 Å². The van der Waals surface area contributed by atoms with Gasteiger partial charge in [0.25, 0.3) is 0 Å². The third-order valence-electron chi connectivity index (χ3n) is 3.15. The Morgan fingerprint density at radius 3 is 2.68 bits per heavy atom. The summed E-state index contributed by atoms with van der Waals surface area (Å²) in [4.78, 5) is 0. The standard InChI is InChI=1S/C15H23Cl2NO/c1-15(2,7-4-8-16)11-18-10-12-9-13(17)5-6-14(12)19-3/h5-6,9,18H,4,7-8,10-11H2,1-3H3. The number of methoxy groups -OCH3 is 1. The summed E-state index contributed by atoms with van der Waals surface area (Å²) in [6, 6.07) is 5.69. The lowest BCUT2D eigenvalue weighted by atomic mass is 9.88. The highest BCUT2D eigenvalue weighted by Crippen LogP contribution is 2.24. The van der Waals surface area contributed by atoms with E-state index in [2.05, 4.69) is 19.2 Å². The van der Waals surface area contributed by atoms with E-state index in [1.165, 1.54) is 0 Å². The predicted molar refractivity (Wildman–Crippen MR) is 83.4 cm³/mol. The summed E-state index contributed by atoms with van der Waals surface area (Å²) in [7, 11) is 1.68. The molecule has 1 aromatic rings. The molecular weight excluding hydrogens is 281 g/mol. The van der Waals surface area contributed by atoms with Gasteiger partial charge in [0.2, 0.25) is 0 Å². The maximum atomic E-state index is 6.01. The summed E-state index contributed by atoms with van der Waals surface area (Å²) in [5, 5.41) is 4.21. The normalized spacial score (nSPS) is 11.6. The van der Waals surface area contributed by atoms with Gasteiger partial charge >= 0.3 is 0 Å². The van der Waals surface area contributed by atoms with Crippen LogP contribution in [0.3, 0.4) is 0 Å². The molecule has 1 N–H and O–H groups in total. The Hall–Kier alpha value is -0.440. The number of ether oxygens (including phenoxy) is 1. The number of hydrogen-bond acceptors (Lipinski definition) is 2. The lowest BCUT2D eigenvalue weighted by Crippen LogP contribution is -2.29. The topological polar surface area (TPSA) is 21.3 Å². The number of hydrogen-bond donors (Lipinski definition) is 1. The van der Waals surface area contributed by atoms with Crippen LogP contribution < -0.4 is 10.1 Å². The van der Waals surface area contributed by atoms with Gasteiger partial charge < -0.3 is 10.1 Å². The summed E-state index contributed by atoms with van der Waals surface area (Å²) in [5.41, 5.74) is 1.34. The van der Waals surface area contributed by atoms with E-state index < -0.39 is 0 Å². The van der Waals surface area contributed by atoms with Crippen LogP contribution in [0.25, 0.3) is 0 Å². The molecule has 0 unspecified atom stereocenters. The van der Waals surface area contributed by atoms with Crippen LogP contribution in [0.5, 0.6) is 5.75 Å². The zero-order valence-electron chi connectivity index (χ0n) is 11.9. The van der Waals surface area contributed by atoms with E-state index in [4.69, 9.17) is 27.9 Å². The molecule has 0 spiro atoms. The highest BCUT2D eigenvalue weighted by Gasteiger charge is 2.16. The fourth-order valence-corrected chi connectivity index (χ4v) is 2.38. The first kappa shape index (κ1) is 16.6. The Balaban J connectivity index is 2.50. The molecule has 0 radical (unpaired) electrons. The van der Waals surface area contributed by atoms with Crippen molar-refractivity contribution in [2.45, 2.75) is 33.2 Å². The minimum atomic E-state index is 0.251. The van der Waals surface area contributed by atoms with Crippen molar-refractivity contribution in [2.24, 2.45) is 5.41 Å². The zero-order chi connectivity index (χ0) is 14.3. The van der Waals surface area contributed by atoms with E-state index in [0.29, 0.717) is 0 Å². The van der Waals surface area contributed by atoms with E-state index in [1.807, 2.05) is 18.2 Å². The SMILES string of the molecule is COc1ccc(Cl)cc1CNCC(C)(C)CCCCl. The molecule has 0 aliphatic carbocycles. The van der Waals surface area contributed by atoms with Gasteiger partial charge in [0.15, 0.2) is 0 Å². The minimum absolute atomic E-state index is 0.251. The van der Waals surface area contributed by atoms with Gasteiger partial charge in [0.05, 0.1) is 7.11 Å². The summed E-state index contributed by atoms with van der Waals surface area (Å²) in [5.74, 6) is 1.60. The quantitative estimate of drug-likeness (QED) is 0.715. The molecule has 19 heavy (non-hydrogen) atoms. The Bertz CT molecular complexity index is 394. The van der Waals surface area contributed by atoms with Crippen LogP contribution in [-0.4, -0.2) is 19.5 Å². The third kappa shape index (κ3) is 6.03. The number of nitrogens with one attached hydrogen (secondary N) is 1. The molecule has 0 aliphatic rings. The van der Waals surface area contributed by atoms with Crippen molar-refractivity contribution in [2.75, 3.05) is 19.5 Å². The van der Waals surface area contributed by atoms with Crippen LogP contribution in [0.1, 0.15) is 32.3 Å². The predicted octanol–water partition coefficient (Wildman–Crippen LogP) is 4.48. The Morgan fingerprint density at radius 2 is 2.05 bits per heavy atom. The Labute approximate surface area is 126 Å². The van der Waals surface area contributed by atoms with Gasteiger partial charge in [-0.25, -0.2) is 0 Å². The van der Waals surface area contributed by atoms with Crippen LogP contribution in [-0.2, 0) is 6.54 Å². The molecule has 1 aromatic carbocycles. The fourth-order valence-electron chi connectivity index (χ4n) is 2.05. The lowest BCUT2D eigenvalue weighted by Gasteiger charge is -2.25. The average Bonchev–Trinajstić information content (AvgIpc) is 2.36. The molecule has 0 heterocycles. The number of alkyl halides is 1.